The lowest BCUT2D eigenvalue weighted by Gasteiger charge is -2.32. The minimum Gasteiger partial charge on any atom is -0.445 e. The Morgan fingerprint density at radius 3 is 2.56 bits per heavy atom. The monoisotopic (exact) mass is 433 g/mol. The highest BCUT2D eigenvalue weighted by molar-refractivity contribution is 6.56. The van der Waals surface area contributed by atoms with E-state index in [0.29, 0.717) is 0 Å². The van der Waals surface area contributed by atoms with Crippen molar-refractivity contribution in [1.82, 2.24) is 15.5 Å². The van der Waals surface area contributed by atoms with Gasteiger partial charge in [-0.25, -0.2) is 4.79 Å². The summed E-state index contributed by atoms with van der Waals surface area (Å²) in [4.78, 5) is 12.3. The van der Waals surface area contributed by atoms with Crippen LogP contribution in [0.15, 0.2) is 60.2 Å². The van der Waals surface area contributed by atoms with Gasteiger partial charge in [0.25, 0.3) is 0 Å². The van der Waals surface area contributed by atoms with Gasteiger partial charge >= 0.3 is 13.2 Å². The van der Waals surface area contributed by atoms with Crippen molar-refractivity contribution in [3.63, 3.8) is 0 Å². The summed E-state index contributed by atoms with van der Waals surface area (Å²) in [7, 11) is -0.591. The second-order valence-electron chi connectivity index (χ2n) is 8.94. The van der Waals surface area contributed by atoms with E-state index in [1.54, 1.807) is 6.20 Å². The van der Waals surface area contributed by atoms with Crippen LogP contribution in [0.25, 0.3) is 17.0 Å². The number of aromatic nitrogens is 2. The molecule has 0 atom stereocenters. The summed E-state index contributed by atoms with van der Waals surface area (Å²) in [5.74, 6) is 0. The zero-order chi connectivity index (χ0) is 22.8. The standard InChI is InChI=1S/C24H28BN3O4/c1-23(2)24(3,4)32-25(31-23)20(12-18-10-11-19-14-27-28-21(19)13-18)15-26-22(29)30-16-17-8-6-5-7-9-17/h5-14H,15-16H2,1-4H3,(H,26,29)(H,27,28). The first-order valence-corrected chi connectivity index (χ1v) is 10.7. The fourth-order valence-electron chi connectivity index (χ4n) is 3.40. The number of rotatable bonds is 6. The van der Waals surface area contributed by atoms with Crippen molar-refractivity contribution in [2.24, 2.45) is 0 Å². The van der Waals surface area contributed by atoms with Crippen LogP contribution in [0.4, 0.5) is 4.79 Å². The summed E-state index contributed by atoms with van der Waals surface area (Å²) in [5, 5.41) is 10.9. The molecular formula is C24H28BN3O4. The molecule has 1 fully saturated rings. The Labute approximate surface area is 188 Å². The van der Waals surface area contributed by atoms with Crippen molar-refractivity contribution < 1.29 is 18.8 Å². The highest BCUT2D eigenvalue weighted by atomic mass is 16.7. The summed E-state index contributed by atoms with van der Waals surface area (Å²) in [6, 6.07) is 15.6. The number of hydrogen-bond donors (Lipinski definition) is 2. The first-order chi connectivity index (χ1) is 15.2. The van der Waals surface area contributed by atoms with Crippen molar-refractivity contribution in [2.75, 3.05) is 6.54 Å². The molecule has 0 bridgehead atoms. The minimum absolute atomic E-state index is 0.207. The number of alkyl carbamates (subject to hydrolysis) is 1. The largest absolute Gasteiger partial charge is 0.492 e. The third-order valence-electron chi connectivity index (χ3n) is 6.02. The third kappa shape index (κ3) is 4.87. The normalized spacial score (nSPS) is 17.5. The Balaban J connectivity index is 1.50. The molecule has 1 aliphatic rings. The van der Waals surface area contributed by atoms with Gasteiger partial charge in [0.2, 0.25) is 0 Å². The maximum atomic E-state index is 12.3. The average Bonchev–Trinajstić information content (AvgIpc) is 3.31. The summed E-state index contributed by atoms with van der Waals surface area (Å²) in [5.41, 5.74) is 2.63. The predicted molar refractivity (Wildman–Crippen MR) is 125 cm³/mol. The van der Waals surface area contributed by atoms with Gasteiger partial charge < -0.3 is 19.4 Å². The number of hydrogen-bond acceptors (Lipinski definition) is 5. The molecule has 0 spiro atoms. The van der Waals surface area contributed by atoms with E-state index < -0.39 is 24.4 Å². The molecule has 2 N–H and O–H groups in total. The first kappa shape index (κ1) is 22.1. The Morgan fingerprint density at radius 2 is 1.84 bits per heavy atom. The Hall–Kier alpha value is -3.10. The predicted octanol–water partition coefficient (Wildman–Crippen LogP) is 4.50. The van der Waals surface area contributed by atoms with Crippen LogP contribution in [0.5, 0.6) is 0 Å². The van der Waals surface area contributed by atoms with Gasteiger partial charge in [0, 0.05) is 11.9 Å². The molecule has 2 aromatic carbocycles. The molecule has 32 heavy (non-hydrogen) atoms. The first-order valence-electron chi connectivity index (χ1n) is 10.7. The van der Waals surface area contributed by atoms with Gasteiger partial charge in [-0.15, -0.1) is 0 Å². The minimum atomic E-state index is -0.591. The van der Waals surface area contributed by atoms with Crippen LogP contribution < -0.4 is 5.32 Å². The van der Waals surface area contributed by atoms with Crippen molar-refractivity contribution in [3.05, 3.63) is 71.3 Å². The molecule has 4 rings (SSSR count). The van der Waals surface area contributed by atoms with E-state index in [9.17, 15) is 4.79 Å². The quantitative estimate of drug-likeness (QED) is 0.559. The van der Waals surface area contributed by atoms with Gasteiger partial charge in [-0.2, -0.15) is 5.10 Å². The zero-order valence-corrected chi connectivity index (χ0v) is 18.8. The molecule has 0 radical (unpaired) electrons. The number of nitrogens with one attached hydrogen (secondary N) is 2. The smallest absolute Gasteiger partial charge is 0.445 e. The Morgan fingerprint density at radius 1 is 1.12 bits per heavy atom. The van der Waals surface area contributed by atoms with E-state index in [0.717, 1.165) is 27.5 Å². The van der Waals surface area contributed by atoms with Crippen molar-refractivity contribution in [1.29, 1.82) is 0 Å². The molecule has 1 saturated heterocycles. The van der Waals surface area contributed by atoms with Crippen LogP contribution >= 0.6 is 0 Å². The fourth-order valence-corrected chi connectivity index (χ4v) is 3.40. The number of benzene rings is 2. The van der Waals surface area contributed by atoms with Crippen LogP contribution in [0.3, 0.4) is 0 Å². The highest BCUT2D eigenvalue weighted by Crippen LogP contribution is 2.38. The zero-order valence-electron chi connectivity index (χ0n) is 18.8. The molecule has 7 nitrogen and oxygen atoms in total. The molecule has 3 aromatic rings. The summed E-state index contributed by atoms with van der Waals surface area (Å²) < 4.78 is 17.8. The van der Waals surface area contributed by atoms with Crippen LogP contribution in [0.2, 0.25) is 0 Å². The molecule has 0 aliphatic carbocycles. The van der Waals surface area contributed by atoms with Gasteiger partial charge in [-0.05, 0) is 50.4 Å². The number of fused-ring (bicyclic) bond motifs is 1. The molecule has 0 unspecified atom stereocenters. The van der Waals surface area contributed by atoms with E-state index in [4.69, 9.17) is 14.0 Å². The SMILES string of the molecule is CC1(C)OB(C(=Cc2ccc3cn[nH]c3c2)CNC(=O)OCc2ccccc2)OC1(C)C. The molecule has 1 amide bonds. The van der Waals surface area contributed by atoms with Crippen LogP contribution in [0, 0.1) is 0 Å². The number of ether oxygens (including phenoxy) is 1. The lowest BCUT2D eigenvalue weighted by molar-refractivity contribution is 0.00578. The number of H-pyrrole nitrogens is 1. The summed E-state index contributed by atoms with van der Waals surface area (Å²) in [6.07, 6.45) is 3.25. The van der Waals surface area contributed by atoms with E-state index in [-0.39, 0.29) is 13.2 Å². The molecule has 1 aliphatic heterocycles. The summed E-state index contributed by atoms with van der Waals surface area (Å²) in [6.45, 7) is 8.45. The van der Waals surface area contributed by atoms with Gasteiger partial charge in [0.15, 0.2) is 0 Å². The molecule has 1 aromatic heterocycles. The van der Waals surface area contributed by atoms with E-state index >= 15 is 0 Å². The number of carbonyl (C=O) groups is 1. The molecule has 2 heterocycles. The van der Waals surface area contributed by atoms with Crippen LogP contribution in [0.1, 0.15) is 38.8 Å². The maximum absolute atomic E-state index is 12.3. The van der Waals surface area contributed by atoms with Gasteiger partial charge in [0.05, 0.1) is 22.9 Å². The lowest BCUT2D eigenvalue weighted by Crippen LogP contribution is -2.41. The maximum Gasteiger partial charge on any atom is 0.492 e. The second kappa shape index (κ2) is 8.80. The Bertz CT molecular complexity index is 1110. The molecule has 166 valence electrons. The average molecular weight is 433 g/mol. The van der Waals surface area contributed by atoms with Crippen LogP contribution in [-0.4, -0.2) is 41.2 Å². The van der Waals surface area contributed by atoms with Crippen molar-refractivity contribution >= 4 is 30.2 Å². The second-order valence-corrected chi connectivity index (χ2v) is 8.94. The Kier molecular flexibility index (Phi) is 6.08. The lowest BCUT2D eigenvalue weighted by atomic mass is 9.77. The van der Waals surface area contributed by atoms with Gasteiger partial charge in [0.1, 0.15) is 6.61 Å². The number of amides is 1. The van der Waals surface area contributed by atoms with Crippen molar-refractivity contribution in [3.8, 4) is 0 Å². The van der Waals surface area contributed by atoms with E-state index in [1.165, 1.54) is 0 Å². The molecular weight excluding hydrogens is 405 g/mol. The third-order valence-corrected chi connectivity index (χ3v) is 6.02. The molecule has 8 heteroatoms. The van der Waals surface area contributed by atoms with E-state index in [2.05, 4.69) is 15.5 Å². The topological polar surface area (TPSA) is 85.5 Å². The van der Waals surface area contributed by atoms with Crippen molar-refractivity contribution in [2.45, 2.75) is 45.5 Å². The number of aromatic amines is 1. The molecule has 0 saturated carbocycles. The number of nitrogens with zero attached hydrogens (tertiary/aromatic N) is 1. The number of carbonyl (C=O) groups excluding carboxylic acids is 1. The fraction of sp³-hybridized carbons (Fsp3) is 0.333. The van der Waals surface area contributed by atoms with Gasteiger partial charge in [-0.1, -0.05) is 48.5 Å². The van der Waals surface area contributed by atoms with E-state index in [1.807, 2.05) is 82.3 Å². The highest BCUT2D eigenvalue weighted by Gasteiger charge is 2.52. The van der Waals surface area contributed by atoms with Gasteiger partial charge in [-0.3, -0.25) is 5.10 Å². The summed E-state index contributed by atoms with van der Waals surface area (Å²) >= 11 is 0. The van der Waals surface area contributed by atoms with Crippen LogP contribution in [-0.2, 0) is 20.7 Å².